The molecule has 0 aromatic heterocycles. The SMILES string of the molecule is C#CCOc1ccc(C=NNc2ccccc2)cc1. The van der Waals surface area contributed by atoms with Crippen molar-refractivity contribution in [2.24, 2.45) is 5.10 Å². The molecule has 0 saturated heterocycles. The number of anilines is 1. The van der Waals surface area contributed by atoms with Crippen molar-refractivity contribution in [1.29, 1.82) is 0 Å². The largest absolute Gasteiger partial charge is 0.481 e. The molecule has 0 aliphatic rings. The van der Waals surface area contributed by atoms with Crippen molar-refractivity contribution < 1.29 is 4.74 Å². The molecule has 3 heteroatoms. The van der Waals surface area contributed by atoms with Crippen LogP contribution < -0.4 is 10.2 Å². The Balaban J connectivity index is 1.91. The summed E-state index contributed by atoms with van der Waals surface area (Å²) in [6.07, 6.45) is 6.87. The molecule has 2 aromatic rings. The van der Waals surface area contributed by atoms with E-state index in [0.29, 0.717) is 0 Å². The zero-order valence-corrected chi connectivity index (χ0v) is 10.4. The summed E-state index contributed by atoms with van der Waals surface area (Å²) in [5.41, 5.74) is 4.89. The first-order valence-corrected chi connectivity index (χ1v) is 5.89. The number of hydrogen-bond donors (Lipinski definition) is 1. The summed E-state index contributed by atoms with van der Waals surface area (Å²) in [4.78, 5) is 0. The highest BCUT2D eigenvalue weighted by atomic mass is 16.5. The maximum absolute atomic E-state index is 5.29. The van der Waals surface area contributed by atoms with Gasteiger partial charge in [-0.05, 0) is 42.0 Å². The summed E-state index contributed by atoms with van der Waals surface area (Å²) in [5, 5.41) is 4.16. The average Bonchev–Trinajstić information content (AvgIpc) is 2.47. The Morgan fingerprint density at radius 3 is 2.53 bits per heavy atom. The third-order valence-corrected chi connectivity index (χ3v) is 2.38. The predicted octanol–water partition coefficient (Wildman–Crippen LogP) is 3.14. The highest BCUT2D eigenvalue weighted by Crippen LogP contribution is 2.11. The van der Waals surface area contributed by atoms with E-state index in [-0.39, 0.29) is 6.61 Å². The van der Waals surface area contributed by atoms with Gasteiger partial charge in [-0.2, -0.15) is 5.10 Å². The summed E-state index contributed by atoms with van der Waals surface area (Å²) in [7, 11) is 0. The number of rotatable bonds is 5. The van der Waals surface area contributed by atoms with Gasteiger partial charge in [-0.15, -0.1) is 6.42 Å². The number of hydrogen-bond acceptors (Lipinski definition) is 3. The number of ether oxygens (including phenoxy) is 1. The van der Waals surface area contributed by atoms with Crippen LogP contribution in [0, 0.1) is 12.3 Å². The van der Waals surface area contributed by atoms with Gasteiger partial charge >= 0.3 is 0 Å². The first kappa shape index (κ1) is 12.7. The second-order valence-corrected chi connectivity index (χ2v) is 3.80. The lowest BCUT2D eigenvalue weighted by Gasteiger charge is -2.02. The third-order valence-electron chi connectivity index (χ3n) is 2.38. The zero-order valence-electron chi connectivity index (χ0n) is 10.4. The minimum absolute atomic E-state index is 0.281. The monoisotopic (exact) mass is 250 g/mol. The summed E-state index contributed by atoms with van der Waals surface area (Å²) < 4.78 is 5.29. The van der Waals surface area contributed by atoms with Gasteiger partial charge in [0.1, 0.15) is 12.4 Å². The third kappa shape index (κ3) is 4.21. The molecule has 0 unspecified atom stereocenters. The lowest BCUT2D eigenvalue weighted by molar-refractivity contribution is 0.370. The van der Waals surface area contributed by atoms with Gasteiger partial charge in [0, 0.05) is 0 Å². The van der Waals surface area contributed by atoms with E-state index in [0.717, 1.165) is 17.0 Å². The Hall–Kier alpha value is -2.73. The first-order chi connectivity index (χ1) is 9.38. The number of terminal acetylenes is 1. The van der Waals surface area contributed by atoms with Crippen LogP contribution in [0.1, 0.15) is 5.56 Å². The molecule has 0 heterocycles. The molecule has 1 N–H and O–H groups in total. The van der Waals surface area contributed by atoms with Crippen molar-refractivity contribution in [1.82, 2.24) is 0 Å². The second-order valence-electron chi connectivity index (χ2n) is 3.80. The van der Waals surface area contributed by atoms with Gasteiger partial charge in [0.15, 0.2) is 0 Å². The molecule has 0 spiro atoms. The standard InChI is InChI=1S/C16H14N2O/c1-2-12-19-16-10-8-14(9-11-16)13-17-18-15-6-4-3-5-7-15/h1,3-11,13,18H,12H2. The predicted molar refractivity (Wildman–Crippen MR) is 78.4 cm³/mol. The van der Waals surface area contributed by atoms with Gasteiger partial charge in [0.25, 0.3) is 0 Å². The molecule has 19 heavy (non-hydrogen) atoms. The topological polar surface area (TPSA) is 33.6 Å². The molecular weight excluding hydrogens is 236 g/mol. The van der Waals surface area contributed by atoms with Gasteiger partial charge in [-0.25, -0.2) is 0 Å². The van der Waals surface area contributed by atoms with Crippen molar-refractivity contribution in [2.75, 3.05) is 12.0 Å². The van der Waals surface area contributed by atoms with Crippen molar-refractivity contribution in [3.05, 3.63) is 60.2 Å². The Morgan fingerprint density at radius 2 is 1.84 bits per heavy atom. The van der Waals surface area contributed by atoms with Crippen molar-refractivity contribution >= 4 is 11.9 Å². The van der Waals surface area contributed by atoms with Crippen LogP contribution in [0.5, 0.6) is 5.75 Å². The van der Waals surface area contributed by atoms with Crippen LogP contribution in [-0.4, -0.2) is 12.8 Å². The molecule has 0 saturated carbocycles. The maximum Gasteiger partial charge on any atom is 0.148 e. The second kappa shape index (κ2) is 6.87. The Kier molecular flexibility index (Phi) is 4.60. The molecule has 2 rings (SSSR count). The molecule has 0 bridgehead atoms. The van der Waals surface area contributed by atoms with E-state index in [9.17, 15) is 0 Å². The maximum atomic E-state index is 5.29. The van der Waals surface area contributed by atoms with Crippen LogP contribution in [0.4, 0.5) is 5.69 Å². The van der Waals surface area contributed by atoms with E-state index in [2.05, 4.69) is 16.4 Å². The minimum atomic E-state index is 0.281. The van der Waals surface area contributed by atoms with Gasteiger partial charge in [-0.3, -0.25) is 5.43 Å². The fourth-order valence-corrected chi connectivity index (χ4v) is 1.47. The van der Waals surface area contributed by atoms with Gasteiger partial charge < -0.3 is 4.74 Å². The van der Waals surface area contributed by atoms with Crippen LogP contribution in [-0.2, 0) is 0 Å². The fraction of sp³-hybridized carbons (Fsp3) is 0.0625. The molecule has 3 nitrogen and oxygen atoms in total. The van der Waals surface area contributed by atoms with Crippen molar-refractivity contribution in [3.63, 3.8) is 0 Å². The van der Waals surface area contributed by atoms with Crippen LogP contribution in [0.25, 0.3) is 0 Å². The summed E-state index contributed by atoms with van der Waals surface area (Å²) in [5.74, 6) is 3.18. The van der Waals surface area contributed by atoms with Gasteiger partial charge in [-0.1, -0.05) is 24.1 Å². The summed E-state index contributed by atoms with van der Waals surface area (Å²) in [6, 6.07) is 17.3. The molecule has 0 radical (unpaired) electrons. The smallest absolute Gasteiger partial charge is 0.148 e. The number of nitrogens with one attached hydrogen (secondary N) is 1. The van der Waals surface area contributed by atoms with Crippen LogP contribution in [0.3, 0.4) is 0 Å². The van der Waals surface area contributed by atoms with E-state index < -0.39 is 0 Å². The van der Waals surface area contributed by atoms with Crippen LogP contribution in [0.15, 0.2) is 59.7 Å². The minimum Gasteiger partial charge on any atom is -0.481 e. The van der Waals surface area contributed by atoms with E-state index in [4.69, 9.17) is 11.2 Å². The molecule has 0 aliphatic carbocycles. The lowest BCUT2D eigenvalue weighted by Crippen LogP contribution is -1.94. The summed E-state index contributed by atoms with van der Waals surface area (Å²) >= 11 is 0. The van der Waals surface area contributed by atoms with E-state index in [1.807, 2.05) is 54.6 Å². The molecule has 94 valence electrons. The number of benzene rings is 2. The molecular formula is C16H14N2O. The first-order valence-electron chi connectivity index (χ1n) is 5.89. The van der Waals surface area contributed by atoms with Crippen LogP contribution in [0.2, 0.25) is 0 Å². The quantitative estimate of drug-likeness (QED) is 0.502. The van der Waals surface area contributed by atoms with Crippen LogP contribution >= 0.6 is 0 Å². The van der Waals surface area contributed by atoms with Crippen molar-refractivity contribution in [2.45, 2.75) is 0 Å². The number of para-hydroxylation sites is 1. The van der Waals surface area contributed by atoms with Gasteiger partial charge in [0.2, 0.25) is 0 Å². The zero-order chi connectivity index (χ0) is 13.3. The number of hydrazone groups is 1. The summed E-state index contributed by atoms with van der Waals surface area (Å²) in [6.45, 7) is 0.281. The van der Waals surface area contributed by atoms with E-state index in [1.165, 1.54) is 0 Å². The van der Waals surface area contributed by atoms with E-state index in [1.54, 1.807) is 6.21 Å². The normalized spacial score (nSPS) is 10.1. The van der Waals surface area contributed by atoms with E-state index >= 15 is 0 Å². The Morgan fingerprint density at radius 1 is 1.11 bits per heavy atom. The fourth-order valence-electron chi connectivity index (χ4n) is 1.47. The molecule has 2 aromatic carbocycles. The van der Waals surface area contributed by atoms with Crippen molar-refractivity contribution in [3.8, 4) is 18.1 Å². The number of nitrogens with zero attached hydrogens (tertiary/aromatic N) is 1. The molecule has 0 atom stereocenters. The molecule has 0 fully saturated rings. The Bertz CT molecular complexity index is 568. The highest BCUT2D eigenvalue weighted by Gasteiger charge is 1.92. The molecule has 0 amide bonds. The lowest BCUT2D eigenvalue weighted by atomic mass is 10.2. The highest BCUT2D eigenvalue weighted by molar-refractivity contribution is 5.80. The average molecular weight is 250 g/mol. The molecule has 0 aliphatic heterocycles. The van der Waals surface area contributed by atoms with Gasteiger partial charge in [0.05, 0.1) is 11.9 Å². The Labute approximate surface area is 112 Å².